The van der Waals surface area contributed by atoms with E-state index in [9.17, 15) is 8.78 Å². The Morgan fingerprint density at radius 3 is 2.50 bits per heavy atom. The summed E-state index contributed by atoms with van der Waals surface area (Å²) in [6.45, 7) is 4.09. The molecule has 4 heteroatoms. The maximum atomic E-state index is 13.6. The molecule has 0 bridgehead atoms. The number of hydrogen-bond acceptors (Lipinski definition) is 2. The number of nitrogens with one attached hydrogen (secondary N) is 1. The van der Waals surface area contributed by atoms with E-state index in [-0.39, 0.29) is 17.1 Å². The van der Waals surface area contributed by atoms with Gasteiger partial charge in [0.05, 0.1) is 0 Å². The topological polar surface area (TPSA) is 12.0 Å². The Hall–Kier alpha value is -0.610. The van der Waals surface area contributed by atoms with Gasteiger partial charge in [-0.1, -0.05) is 6.07 Å². The van der Waals surface area contributed by atoms with Gasteiger partial charge < -0.3 is 5.32 Å². The van der Waals surface area contributed by atoms with Crippen LogP contribution >= 0.6 is 11.8 Å². The van der Waals surface area contributed by atoms with Crippen molar-refractivity contribution in [3.8, 4) is 0 Å². The van der Waals surface area contributed by atoms with Crippen LogP contribution in [0.2, 0.25) is 0 Å². The van der Waals surface area contributed by atoms with E-state index in [1.54, 1.807) is 11.8 Å². The Bertz CT molecular complexity index is 372. The maximum Gasteiger partial charge on any atom is 0.130 e. The molecule has 16 heavy (non-hydrogen) atoms. The monoisotopic (exact) mass is 243 g/mol. The van der Waals surface area contributed by atoms with Crippen molar-refractivity contribution in [3.05, 3.63) is 35.4 Å². The molecule has 1 nitrogen and oxygen atoms in total. The fraction of sp³-hybridized carbons (Fsp3) is 0.500. The minimum absolute atomic E-state index is 0.0810. The average Bonchev–Trinajstić information content (AvgIpc) is 2.15. The van der Waals surface area contributed by atoms with Gasteiger partial charge in [-0.25, -0.2) is 8.78 Å². The molecular weight excluding hydrogens is 228 g/mol. The molecule has 1 unspecified atom stereocenters. The van der Waals surface area contributed by atoms with Crippen LogP contribution in [-0.2, 0) is 0 Å². The van der Waals surface area contributed by atoms with E-state index in [2.05, 4.69) is 5.32 Å². The molecule has 1 saturated heterocycles. The molecule has 1 N–H and O–H groups in total. The van der Waals surface area contributed by atoms with E-state index >= 15 is 0 Å². The minimum Gasteiger partial charge on any atom is -0.303 e. The van der Waals surface area contributed by atoms with Crippen LogP contribution in [0.1, 0.15) is 25.5 Å². The van der Waals surface area contributed by atoms with Gasteiger partial charge in [-0.05, 0) is 26.0 Å². The number of rotatable bonds is 1. The molecule has 0 aliphatic carbocycles. The van der Waals surface area contributed by atoms with Crippen molar-refractivity contribution in [2.45, 2.75) is 25.4 Å². The van der Waals surface area contributed by atoms with Gasteiger partial charge in [-0.3, -0.25) is 0 Å². The number of benzene rings is 1. The zero-order valence-corrected chi connectivity index (χ0v) is 10.2. The molecule has 88 valence electrons. The Kier molecular flexibility index (Phi) is 3.22. The molecule has 1 fully saturated rings. The standard InChI is InChI=1S/C12H15F2NS/c1-12(2)7-16-6-10(15-12)11-8(13)4-3-5-9(11)14/h3-5,10,15H,6-7H2,1-2H3. The van der Waals surface area contributed by atoms with Crippen LogP contribution in [-0.4, -0.2) is 17.0 Å². The molecule has 1 atom stereocenters. The van der Waals surface area contributed by atoms with Crippen molar-refractivity contribution >= 4 is 11.8 Å². The highest BCUT2D eigenvalue weighted by Crippen LogP contribution is 2.31. The zero-order chi connectivity index (χ0) is 11.8. The van der Waals surface area contributed by atoms with Crippen LogP contribution in [0.5, 0.6) is 0 Å². The first-order valence-electron chi connectivity index (χ1n) is 5.29. The van der Waals surface area contributed by atoms with E-state index in [4.69, 9.17) is 0 Å². The molecule has 0 spiro atoms. The quantitative estimate of drug-likeness (QED) is 0.813. The SMILES string of the molecule is CC1(C)CSCC(c2c(F)cccc2F)N1. The third-order valence-corrected chi connectivity index (χ3v) is 4.16. The van der Waals surface area contributed by atoms with E-state index in [1.165, 1.54) is 18.2 Å². The lowest BCUT2D eigenvalue weighted by Gasteiger charge is -2.37. The number of halogens is 2. The van der Waals surface area contributed by atoms with Crippen molar-refractivity contribution < 1.29 is 8.78 Å². The van der Waals surface area contributed by atoms with Crippen molar-refractivity contribution in [1.29, 1.82) is 0 Å². The van der Waals surface area contributed by atoms with Crippen molar-refractivity contribution in [2.75, 3.05) is 11.5 Å². The van der Waals surface area contributed by atoms with Gasteiger partial charge in [-0.2, -0.15) is 11.8 Å². The summed E-state index contributed by atoms with van der Waals surface area (Å²) in [6.07, 6.45) is 0. The van der Waals surface area contributed by atoms with Crippen molar-refractivity contribution in [3.63, 3.8) is 0 Å². The van der Waals surface area contributed by atoms with Gasteiger partial charge in [0, 0.05) is 28.6 Å². The predicted molar refractivity (Wildman–Crippen MR) is 63.6 cm³/mol. The second-order valence-electron chi connectivity index (χ2n) is 4.73. The highest BCUT2D eigenvalue weighted by molar-refractivity contribution is 7.99. The molecule has 0 saturated carbocycles. The molecule has 0 amide bonds. The Morgan fingerprint density at radius 2 is 1.94 bits per heavy atom. The molecule has 1 aromatic carbocycles. The Balaban J connectivity index is 2.30. The fourth-order valence-electron chi connectivity index (χ4n) is 1.99. The predicted octanol–water partition coefficient (Wildman–Crippen LogP) is 3.12. The molecule has 0 aromatic heterocycles. The summed E-state index contributed by atoms with van der Waals surface area (Å²) in [7, 11) is 0. The summed E-state index contributed by atoms with van der Waals surface area (Å²) < 4.78 is 27.2. The smallest absolute Gasteiger partial charge is 0.130 e. The molecule has 1 aliphatic rings. The lowest BCUT2D eigenvalue weighted by atomic mass is 10.0. The Morgan fingerprint density at radius 1 is 1.31 bits per heavy atom. The van der Waals surface area contributed by atoms with E-state index < -0.39 is 11.6 Å². The Labute approximate surface area is 98.6 Å². The zero-order valence-electron chi connectivity index (χ0n) is 9.39. The molecule has 2 rings (SSSR count). The molecule has 1 aliphatic heterocycles. The van der Waals surface area contributed by atoms with Crippen molar-refractivity contribution in [1.82, 2.24) is 5.32 Å². The molecule has 0 radical (unpaired) electrons. The number of thioether (sulfide) groups is 1. The van der Waals surface area contributed by atoms with Crippen LogP contribution in [0.4, 0.5) is 8.78 Å². The largest absolute Gasteiger partial charge is 0.303 e. The molecular formula is C12H15F2NS. The summed E-state index contributed by atoms with van der Waals surface area (Å²) in [4.78, 5) is 0. The van der Waals surface area contributed by atoms with E-state index in [1.807, 2.05) is 13.8 Å². The van der Waals surface area contributed by atoms with Gasteiger partial charge in [0.2, 0.25) is 0 Å². The van der Waals surface area contributed by atoms with E-state index in [0.717, 1.165) is 5.75 Å². The van der Waals surface area contributed by atoms with Crippen LogP contribution < -0.4 is 5.32 Å². The first-order chi connectivity index (χ1) is 7.49. The van der Waals surface area contributed by atoms with Crippen LogP contribution in [0.25, 0.3) is 0 Å². The second-order valence-corrected chi connectivity index (χ2v) is 5.76. The summed E-state index contributed by atoms with van der Waals surface area (Å²) in [6, 6.07) is 3.78. The van der Waals surface area contributed by atoms with Crippen LogP contribution in [0.15, 0.2) is 18.2 Å². The molecule has 1 heterocycles. The van der Waals surface area contributed by atoms with E-state index in [0.29, 0.717) is 5.75 Å². The lowest BCUT2D eigenvalue weighted by Crippen LogP contribution is -2.48. The fourth-order valence-corrected chi connectivity index (χ4v) is 3.18. The highest BCUT2D eigenvalue weighted by atomic mass is 32.2. The third-order valence-electron chi connectivity index (χ3n) is 2.66. The normalized spacial score (nSPS) is 24.4. The van der Waals surface area contributed by atoms with Crippen LogP contribution in [0, 0.1) is 11.6 Å². The second kappa shape index (κ2) is 4.34. The van der Waals surface area contributed by atoms with Gasteiger partial charge in [0.25, 0.3) is 0 Å². The number of hydrogen-bond donors (Lipinski definition) is 1. The first-order valence-corrected chi connectivity index (χ1v) is 6.44. The van der Waals surface area contributed by atoms with Gasteiger partial charge in [-0.15, -0.1) is 0 Å². The average molecular weight is 243 g/mol. The highest BCUT2D eigenvalue weighted by Gasteiger charge is 2.31. The van der Waals surface area contributed by atoms with Crippen LogP contribution in [0.3, 0.4) is 0 Å². The maximum absolute atomic E-state index is 13.6. The summed E-state index contributed by atoms with van der Waals surface area (Å²) >= 11 is 1.73. The van der Waals surface area contributed by atoms with Gasteiger partial charge in [0.1, 0.15) is 11.6 Å². The van der Waals surface area contributed by atoms with Gasteiger partial charge in [0.15, 0.2) is 0 Å². The van der Waals surface area contributed by atoms with Crippen molar-refractivity contribution in [2.24, 2.45) is 0 Å². The summed E-state index contributed by atoms with van der Waals surface area (Å²) in [5.74, 6) is 0.743. The summed E-state index contributed by atoms with van der Waals surface area (Å²) in [5.41, 5.74) is 0.0882. The minimum atomic E-state index is -0.462. The molecule has 1 aromatic rings. The summed E-state index contributed by atoms with van der Waals surface area (Å²) in [5, 5.41) is 3.29. The first kappa shape index (κ1) is 11.9. The lowest BCUT2D eigenvalue weighted by molar-refractivity contribution is 0.361. The van der Waals surface area contributed by atoms with Gasteiger partial charge >= 0.3 is 0 Å². The third kappa shape index (κ3) is 2.38.